The summed E-state index contributed by atoms with van der Waals surface area (Å²) in [6.07, 6.45) is 8.21. The van der Waals surface area contributed by atoms with Crippen LogP contribution in [-0.2, 0) is 6.54 Å². The SMILES string of the molecule is c1ccc(-c2ccc(CN3CCC(Nc4nccc(N5CCCCCC5)n4)C3)cc2)cc1. The van der Waals surface area contributed by atoms with Crippen LogP contribution in [-0.4, -0.2) is 47.1 Å². The van der Waals surface area contributed by atoms with Crippen LogP contribution in [0.5, 0.6) is 0 Å². The second kappa shape index (κ2) is 10.1. The molecule has 166 valence electrons. The molecule has 1 unspecified atom stereocenters. The number of aromatic nitrogens is 2. The third-order valence-electron chi connectivity index (χ3n) is 6.64. The van der Waals surface area contributed by atoms with Crippen molar-refractivity contribution in [2.45, 2.75) is 44.7 Å². The van der Waals surface area contributed by atoms with Gasteiger partial charge < -0.3 is 10.2 Å². The molecule has 0 aliphatic carbocycles. The van der Waals surface area contributed by atoms with Crippen LogP contribution in [0.15, 0.2) is 66.9 Å². The molecule has 0 bridgehead atoms. The Hall–Kier alpha value is -2.92. The molecule has 3 aromatic rings. The summed E-state index contributed by atoms with van der Waals surface area (Å²) in [5.74, 6) is 1.84. The molecule has 5 rings (SSSR count). The highest BCUT2D eigenvalue weighted by Gasteiger charge is 2.23. The van der Waals surface area contributed by atoms with E-state index in [1.165, 1.54) is 42.4 Å². The average molecular weight is 428 g/mol. The lowest BCUT2D eigenvalue weighted by Gasteiger charge is -2.22. The first kappa shape index (κ1) is 21.0. The maximum absolute atomic E-state index is 4.83. The topological polar surface area (TPSA) is 44.3 Å². The number of likely N-dealkylation sites (tertiary alicyclic amines) is 1. The second-order valence-electron chi connectivity index (χ2n) is 9.07. The quantitative estimate of drug-likeness (QED) is 0.585. The highest BCUT2D eigenvalue weighted by atomic mass is 15.3. The molecule has 32 heavy (non-hydrogen) atoms. The Morgan fingerprint density at radius 2 is 1.56 bits per heavy atom. The smallest absolute Gasteiger partial charge is 0.224 e. The normalized spacial score (nSPS) is 19.6. The zero-order valence-corrected chi connectivity index (χ0v) is 18.8. The molecule has 2 aliphatic heterocycles. The predicted octanol–water partition coefficient (Wildman–Crippen LogP) is 5.21. The molecule has 5 heteroatoms. The Morgan fingerprint density at radius 1 is 0.812 bits per heavy atom. The van der Waals surface area contributed by atoms with Crippen molar-refractivity contribution in [1.82, 2.24) is 14.9 Å². The van der Waals surface area contributed by atoms with E-state index in [0.29, 0.717) is 6.04 Å². The van der Waals surface area contributed by atoms with Gasteiger partial charge in [-0.1, -0.05) is 67.4 Å². The molecule has 0 radical (unpaired) electrons. The van der Waals surface area contributed by atoms with Gasteiger partial charge in [-0.15, -0.1) is 0 Å². The fourth-order valence-electron chi connectivity index (χ4n) is 4.86. The van der Waals surface area contributed by atoms with Gasteiger partial charge >= 0.3 is 0 Å². The summed E-state index contributed by atoms with van der Waals surface area (Å²) in [5, 5.41) is 3.59. The van der Waals surface area contributed by atoms with Gasteiger partial charge in [0, 0.05) is 45.0 Å². The number of nitrogens with zero attached hydrogens (tertiary/aromatic N) is 4. The van der Waals surface area contributed by atoms with E-state index in [1.54, 1.807) is 0 Å². The highest BCUT2D eigenvalue weighted by molar-refractivity contribution is 5.63. The van der Waals surface area contributed by atoms with Gasteiger partial charge in [0.15, 0.2) is 0 Å². The zero-order valence-electron chi connectivity index (χ0n) is 18.8. The van der Waals surface area contributed by atoms with Crippen molar-refractivity contribution in [2.24, 2.45) is 0 Å². The highest BCUT2D eigenvalue weighted by Crippen LogP contribution is 2.22. The number of hydrogen-bond donors (Lipinski definition) is 1. The largest absolute Gasteiger partial charge is 0.356 e. The standard InChI is InChI=1S/C27H33N5/c1-2-7-18-32(17-6-1)26-14-16-28-27(30-26)29-25-15-19-31(21-25)20-22-10-12-24(13-11-22)23-8-4-3-5-9-23/h3-5,8-14,16,25H,1-2,6-7,15,17-21H2,(H,28,29,30). The lowest BCUT2D eigenvalue weighted by Crippen LogP contribution is -2.28. The van der Waals surface area contributed by atoms with E-state index in [4.69, 9.17) is 4.98 Å². The van der Waals surface area contributed by atoms with Gasteiger partial charge in [0.1, 0.15) is 5.82 Å². The molecule has 1 atom stereocenters. The lowest BCUT2D eigenvalue weighted by molar-refractivity contribution is 0.328. The van der Waals surface area contributed by atoms with Crippen LogP contribution < -0.4 is 10.2 Å². The Bertz CT molecular complexity index is 980. The Labute approximate surface area is 191 Å². The number of benzene rings is 2. The molecular weight excluding hydrogens is 394 g/mol. The Kier molecular flexibility index (Phi) is 6.63. The average Bonchev–Trinajstić information content (AvgIpc) is 3.09. The van der Waals surface area contributed by atoms with Gasteiger partial charge in [-0.2, -0.15) is 4.98 Å². The molecule has 0 saturated carbocycles. The molecule has 0 spiro atoms. The molecule has 5 nitrogen and oxygen atoms in total. The predicted molar refractivity (Wildman–Crippen MR) is 132 cm³/mol. The molecule has 0 amide bonds. The Morgan fingerprint density at radius 3 is 2.34 bits per heavy atom. The van der Waals surface area contributed by atoms with Gasteiger partial charge in [0.05, 0.1) is 0 Å². The molecule has 1 N–H and O–H groups in total. The van der Waals surface area contributed by atoms with Crippen LogP contribution in [0.3, 0.4) is 0 Å². The van der Waals surface area contributed by atoms with E-state index in [9.17, 15) is 0 Å². The fraction of sp³-hybridized carbons (Fsp3) is 0.407. The van der Waals surface area contributed by atoms with E-state index in [2.05, 4.69) is 80.8 Å². The van der Waals surface area contributed by atoms with Crippen LogP contribution in [0.2, 0.25) is 0 Å². The number of anilines is 2. The molecule has 2 aliphatic rings. The third kappa shape index (κ3) is 5.28. The third-order valence-corrected chi connectivity index (χ3v) is 6.64. The van der Waals surface area contributed by atoms with Crippen molar-refractivity contribution < 1.29 is 0 Å². The first-order valence-electron chi connectivity index (χ1n) is 12.0. The van der Waals surface area contributed by atoms with Crippen molar-refractivity contribution in [3.8, 4) is 11.1 Å². The van der Waals surface area contributed by atoms with E-state index >= 15 is 0 Å². The van der Waals surface area contributed by atoms with Crippen molar-refractivity contribution in [3.63, 3.8) is 0 Å². The van der Waals surface area contributed by atoms with Crippen LogP contribution in [0.4, 0.5) is 11.8 Å². The van der Waals surface area contributed by atoms with Crippen LogP contribution in [0, 0.1) is 0 Å². The van der Waals surface area contributed by atoms with Crippen LogP contribution >= 0.6 is 0 Å². The summed E-state index contributed by atoms with van der Waals surface area (Å²) in [7, 11) is 0. The summed E-state index contributed by atoms with van der Waals surface area (Å²) in [5.41, 5.74) is 3.91. The molecule has 2 saturated heterocycles. The fourth-order valence-corrected chi connectivity index (χ4v) is 4.86. The van der Waals surface area contributed by atoms with Crippen molar-refractivity contribution in [1.29, 1.82) is 0 Å². The van der Waals surface area contributed by atoms with E-state index < -0.39 is 0 Å². The van der Waals surface area contributed by atoms with Gasteiger partial charge in [0.25, 0.3) is 0 Å². The molecule has 1 aromatic heterocycles. The van der Waals surface area contributed by atoms with E-state index in [-0.39, 0.29) is 0 Å². The minimum absolute atomic E-state index is 0.401. The maximum Gasteiger partial charge on any atom is 0.224 e. The molecular formula is C27H33N5. The summed E-state index contributed by atoms with van der Waals surface area (Å²) in [4.78, 5) is 14.3. The van der Waals surface area contributed by atoms with Crippen molar-refractivity contribution in [3.05, 3.63) is 72.4 Å². The van der Waals surface area contributed by atoms with Gasteiger partial charge in [-0.25, -0.2) is 4.98 Å². The minimum atomic E-state index is 0.401. The number of hydrogen-bond acceptors (Lipinski definition) is 5. The van der Waals surface area contributed by atoms with Crippen molar-refractivity contribution in [2.75, 3.05) is 36.4 Å². The van der Waals surface area contributed by atoms with Gasteiger partial charge in [-0.3, -0.25) is 4.90 Å². The first-order valence-corrected chi connectivity index (χ1v) is 12.0. The van der Waals surface area contributed by atoms with Crippen LogP contribution in [0.1, 0.15) is 37.7 Å². The van der Waals surface area contributed by atoms with Gasteiger partial charge in [-0.05, 0) is 42.0 Å². The Balaban J connectivity index is 1.15. The summed E-state index contributed by atoms with van der Waals surface area (Å²) >= 11 is 0. The monoisotopic (exact) mass is 427 g/mol. The first-order chi connectivity index (χ1) is 15.8. The lowest BCUT2D eigenvalue weighted by atomic mass is 10.0. The van der Waals surface area contributed by atoms with E-state index in [1.807, 2.05) is 6.20 Å². The van der Waals surface area contributed by atoms with Gasteiger partial charge in [0.2, 0.25) is 5.95 Å². The van der Waals surface area contributed by atoms with Crippen molar-refractivity contribution >= 4 is 11.8 Å². The van der Waals surface area contributed by atoms with Crippen LogP contribution in [0.25, 0.3) is 11.1 Å². The number of nitrogens with one attached hydrogen (secondary N) is 1. The molecule has 2 fully saturated rings. The molecule has 3 heterocycles. The molecule has 2 aromatic carbocycles. The maximum atomic E-state index is 4.83. The second-order valence-corrected chi connectivity index (χ2v) is 9.07. The number of rotatable bonds is 6. The zero-order chi connectivity index (χ0) is 21.6. The van der Waals surface area contributed by atoms with E-state index in [0.717, 1.165) is 50.9 Å². The summed E-state index contributed by atoms with van der Waals surface area (Å²) in [6, 6.07) is 22.0. The minimum Gasteiger partial charge on any atom is -0.356 e. The summed E-state index contributed by atoms with van der Waals surface area (Å²) in [6.45, 7) is 5.33. The summed E-state index contributed by atoms with van der Waals surface area (Å²) < 4.78 is 0.